The van der Waals surface area contributed by atoms with Crippen LogP contribution in [0.5, 0.6) is 0 Å². The fraction of sp³-hybridized carbons (Fsp3) is 0.600. The van der Waals surface area contributed by atoms with Crippen molar-refractivity contribution in [2.45, 2.75) is 39.3 Å². The molecule has 1 aromatic heterocycles. The van der Waals surface area contributed by atoms with E-state index in [4.69, 9.17) is 0 Å². The largest absolute Gasteiger partial charge is 0.391 e. The third kappa shape index (κ3) is 3.28. The van der Waals surface area contributed by atoms with Gasteiger partial charge in [-0.2, -0.15) is 0 Å². The Balaban J connectivity index is 2.17. The van der Waals surface area contributed by atoms with Gasteiger partial charge in [0.2, 0.25) is 0 Å². The second-order valence-electron chi connectivity index (χ2n) is 5.78. The van der Waals surface area contributed by atoms with Crippen molar-refractivity contribution in [2.75, 3.05) is 18.4 Å². The van der Waals surface area contributed by atoms with Crippen molar-refractivity contribution < 1.29 is 9.90 Å². The molecule has 0 spiro atoms. The van der Waals surface area contributed by atoms with Gasteiger partial charge in [-0.15, -0.1) is 0 Å². The monoisotopic (exact) mass is 277 g/mol. The van der Waals surface area contributed by atoms with Crippen LogP contribution in [0.4, 0.5) is 5.82 Å². The molecule has 2 unspecified atom stereocenters. The van der Waals surface area contributed by atoms with Crippen LogP contribution in [0.25, 0.3) is 0 Å². The highest BCUT2D eigenvalue weighted by Gasteiger charge is 2.29. The summed E-state index contributed by atoms with van der Waals surface area (Å²) in [6.07, 6.45) is 2.07. The van der Waals surface area contributed by atoms with Crippen molar-refractivity contribution in [3.8, 4) is 0 Å². The lowest BCUT2D eigenvalue weighted by molar-refractivity contribution is 0.0249. The summed E-state index contributed by atoms with van der Waals surface area (Å²) >= 11 is 0. The number of piperidine rings is 1. The topological polar surface area (TPSA) is 65.5 Å². The van der Waals surface area contributed by atoms with E-state index in [1.54, 1.807) is 23.2 Å². The summed E-state index contributed by atoms with van der Waals surface area (Å²) in [7, 11) is 0. The molecular formula is C15H23N3O2. The molecule has 0 aromatic carbocycles. The fourth-order valence-corrected chi connectivity index (χ4v) is 2.37. The van der Waals surface area contributed by atoms with E-state index >= 15 is 0 Å². The predicted octanol–water partition coefficient (Wildman–Crippen LogP) is 1.74. The van der Waals surface area contributed by atoms with Crippen LogP contribution in [0, 0.1) is 5.92 Å². The summed E-state index contributed by atoms with van der Waals surface area (Å²) in [6, 6.07) is 3.76. The number of carbonyl (C=O) groups excluding carboxylic acids is 1. The maximum Gasteiger partial charge on any atom is 0.257 e. The van der Waals surface area contributed by atoms with Gasteiger partial charge in [0.1, 0.15) is 5.82 Å². The lowest BCUT2D eigenvalue weighted by Crippen LogP contribution is -2.46. The van der Waals surface area contributed by atoms with E-state index in [2.05, 4.69) is 10.3 Å². The Morgan fingerprint density at radius 1 is 1.55 bits per heavy atom. The number of nitrogens with one attached hydrogen (secondary N) is 1. The molecule has 2 rings (SSSR count). The number of aliphatic hydroxyl groups is 1. The first-order chi connectivity index (χ1) is 9.49. The average molecular weight is 277 g/mol. The van der Waals surface area contributed by atoms with Gasteiger partial charge in [-0.05, 0) is 38.3 Å². The van der Waals surface area contributed by atoms with Crippen LogP contribution in [-0.2, 0) is 0 Å². The number of pyridine rings is 1. The number of carbonyl (C=O) groups is 1. The van der Waals surface area contributed by atoms with Crippen LogP contribution >= 0.6 is 0 Å². The molecule has 0 aliphatic carbocycles. The maximum atomic E-state index is 12.6. The second-order valence-corrected chi connectivity index (χ2v) is 5.78. The third-order valence-corrected chi connectivity index (χ3v) is 3.67. The molecule has 110 valence electrons. The Bertz CT molecular complexity index is 476. The first-order valence-corrected chi connectivity index (χ1v) is 7.18. The zero-order chi connectivity index (χ0) is 14.7. The minimum atomic E-state index is -0.439. The Labute approximate surface area is 120 Å². The number of aromatic nitrogens is 1. The molecule has 0 saturated carbocycles. The first-order valence-electron chi connectivity index (χ1n) is 7.18. The summed E-state index contributed by atoms with van der Waals surface area (Å²) in [5.74, 6) is 0.800. The van der Waals surface area contributed by atoms with Gasteiger partial charge in [0.25, 0.3) is 5.91 Å². The Hall–Kier alpha value is -1.62. The number of likely N-dealkylation sites (tertiary alicyclic amines) is 1. The number of rotatable bonds is 3. The molecule has 5 heteroatoms. The van der Waals surface area contributed by atoms with E-state index in [1.165, 1.54) is 0 Å². The van der Waals surface area contributed by atoms with Crippen LogP contribution in [0.15, 0.2) is 18.3 Å². The van der Waals surface area contributed by atoms with E-state index < -0.39 is 6.10 Å². The summed E-state index contributed by atoms with van der Waals surface area (Å²) in [5.41, 5.74) is 0.572. The molecule has 5 nitrogen and oxygen atoms in total. The van der Waals surface area contributed by atoms with Gasteiger partial charge in [0.15, 0.2) is 0 Å². The minimum absolute atomic E-state index is 0.0628. The Morgan fingerprint density at radius 3 is 2.95 bits per heavy atom. The SMILES string of the molecule is CC(C)Nc1ncccc1C(=O)N1CCC(C)C(O)C1. The van der Waals surface area contributed by atoms with Crippen LogP contribution in [0.1, 0.15) is 37.6 Å². The van der Waals surface area contributed by atoms with Crippen molar-refractivity contribution >= 4 is 11.7 Å². The second kappa shape index (κ2) is 6.22. The van der Waals surface area contributed by atoms with Gasteiger partial charge in [-0.3, -0.25) is 4.79 Å². The molecule has 1 fully saturated rings. The van der Waals surface area contributed by atoms with Crippen molar-refractivity contribution in [1.82, 2.24) is 9.88 Å². The van der Waals surface area contributed by atoms with E-state index in [1.807, 2.05) is 20.8 Å². The molecule has 20 heavy (non-hydrogen) atoms. The van der Waals surface area contributed by atoms with Crippen LogP contribution < -0.4 is 5.32 Å². The molecule has 1 aromatic rings. The van der Waals surface area contributed by atoms with E-state index in [0.717, 1.165) is 6.42 Å². The Morgan fingerprint density at radius 2 is 2.30 bits per heavy atom. The van der Waals surface area contributed by atoms with Gasteiger partial charge < -0.3 is 15.3 Å². The van der Waals surface area contributed by atoms with Crippen molar-refractivity contribution in [1.29, 1.82) is 0 Å². The zero-order valence-electron chi connectivity index (χ0n) is 12.3. The number of anilines is 1. The number of hydrogen-bond donors (Lipinski definition) is 2. The molecule has 2 N–H and O–H groups in total. The minimum Gasteiger partial charge on any atom is -0.391 e. The van der Waals surface area contributed by atoms with Crippen molar-refractivity contribution in [2.24, 2.45) is 5.92 Å². The van der Waals surface area contributed by atoms with Crippen LogP contribution in [0.3, 0.4) is 0 Å². The summed E-state index contributed by atoms with van der Waals surface area (Å²) in [5, 5.41) is 13.1. The molecule has 0 bridgehead atoms. The number of aliphatic hydroxyl groups excluding tert-OH is 1. The average Bonchev–Trinajstić information content (AvgIpc) is 2.41. The quantitative estimate of drug-likeness (QED) is 0.883. The number of hydrogen-bond acceptors (Lipinski definition) is 4. The maximum absolute atomic E-state index is 12.6. The predicted molar refractivity (Wildman–Crippen MR) is 78.7 cm³/mol. The first kappa shape index (κ1) is 14.8. The summed E-state index contributed by atoms with van der Waals surface area (Å²) < 4.78 is 0. The third-order valence-electron chi connectivity index (χ3n) is 3.67. The normalized spacial score (nSPS) is 22.9. The highest BCUT2D eigenvalue weighted by molar-refractivity contribution is 5.98. The van der Waals surface area contributed by atoms with Crippen LogP contribution in [-0.4, -0.2) is 46.1 Å². The molecule has 2 heterocycles. The molecule has 1 amide bonds. The van der Waals surface area contributed by atoms with Gasteiger partial charge >= 0.3 is 0 Å². The summed E-state index contributed by atoms with van der Waals surface area (Å²) in [4.78, 5) is 18.6. The van der Waals surface area contributed by atoms with Crippen molar-refractivity contribution in [3.05, 3.63) is 23.9 Å². The molecule has 1 saturated heterocycles. The van der Waals surface area contributed by atoms with E-state index in [9.17, 15) is 9.90 Å². The number of amides is 1. The molecule has 0 radical (unpaired) electrons. The number of β-amino-alcohol motifs (C(OH)–C–C–N with tert-alkyl or cyclic N) is 1. The van der Waals surface area contributed by atoms with E-state index in [0.29, 0.717) is 24.5 Å². The standard InChI is InChI=1S/C15H23N3O2/c1-10(2)17-14-12(5-4-7-16-14)15(20)18-8-6-11(3)13(19)9-18/h4-5,7,10-11,13,19H,6,8-9H2,1-3H3,(H,16,17). The molecule has 1 aliphatic heterocycles. The van der Waals surface area contributed by atoms with Gasteiger partial charge in [0, 0.05) is 25.3 Å². The lowest BCUT2D eigenvalue weighted by Gasteiger charge is -2.34. The van der Waals surface area contributed by atoms with Gasteiger partial charge in [-0.1, -0.05) is 6.92 Å². The smallest absolute Gasteiger partial charge is 0.257 e. The fourth-order valence-electron chi connectivity index (χ4n) is 2.37. The summed E-state index contributed by atoms with van der Waals surface area (Å²) in [6.45, 7) is 7.12. The molecule has 2 atom stereocenters. The van der Waals surface area contributed by atoms with E-state index in [-0.39, 0.29) is 17.9 Å². The Kier molecular flexibility index (Phi) is 4.60. The highest BCUT2D eigenvalue weighted by atomic mass is 16.3. The highest BCUT2D eigenvalue weighted by Crippen LogP contribution is 2.21. The van der Waals surface area contributed by atoms with Crippen LogP contribution in [0.2, 0.25) is 0 Å². The number of nitrogens with zero attached hydrogens (tertiary/aromatic N) is 2. The molecular weight excluding hydrogens is 254 g/mol. The molecule has 1 aliphatic rings. The van der Waals surface area contributed by atoms with Crippen molar-refractivity contribution in [3.63, 3.8) is 0 Å². The van der Waals surface area contributed by atoms with Gasteiger partial charge in [-0.25, -0.2) is 4.98 Å². The zero-order valence-corrected chi connectivity index (χ0v) is 12.3. The van der Waals surface area contributed by atoms with Gasteiger partial charge in [0.05, 0.1) is 11.7 Å². The lowest BCUT2D eigenvalue weighted by atomic mass is 9.95.